The number of Topliss-reactive ketones (excluding diaryl/α,β-unsaturated/α-hetero) is 1. The molecule has 0 saturated heterocycles. The fourth-order valence-corrected chi connectivity index (χ4v) is 6.45. The lowest BCUT2D eigenvalue weighted by molar-refractivity contribution is -0.121. The minimum atomic E-state index is -0.273. The number of nitrogens with zero attached hydrogens (tertiary/aromatic N) is 1. The molecule has 1 aromatic heterocycles. The summed E-state index contributed by atoms with van der Waals surface area (Å²) in [6, 6.07) is 20.4. The number of carbonyl (C=O) groups excluding carboxylic acids is 2. The molecule has 2 heterocycles. The Bertz CT molecular complexity index is 1260. The summed E-state index contributed by atoms with van der Waals surface area (Å²) in [7, 11) is 0. The molecule has 0 unspecified atom stereocenters. The van der Waals surface area contributed by atoms with Crippen LogP contribution in [0.3, 0.4) is 0 Å². The number of carbonyl (C=O) groups is 2. The Labute approximate surface area is 203 Å². The number of rotatable bonds is 4. The number of ketones is 1. The highest BCUT2D eigenvalue weighted by Gasteiger charge is 2.38. The van der Waals surface area contributed by atoms with Crippen LogP contribution in [-0.4, -0.2) is 24.3 Å². The van der Waals surface area contributed by atoms with Crippen LogP contribution in [0.25, 0.3) is 0 Å². The van der Waals surface area contributed by atoms with Crippen LogP contribution in [0.1, 0.15) is 41.3 Å². The molecule has 3 aromatic rings. The van der Waals surface area contributed by atoms with Crippen molar-refractivity contribution in [1.29, 1.82) is 0 Å². The van der Waals surface area contributed by atoms with Crippen molar-refractivity contribution in [1.82, 2.24) is 5.32 Å². The molecule has 172 valence electrons. The summed E-state index contributed by atoms with van der Waals surface area (Å²) in [6.45, 7) is 0.193. The zero-order valence-corrected chi connectivity index (χ0v) is 19.7. The molecule has 0 saturated carbocycles. The summed E-state index contributed by atoms with van der Waals surface area (Å²) in [6.07, 6.45) is 3.98. The number of amides is 1. The van der Waals surface area contributed by atoms with Crippen LogP contribution in [0, 0.1) is 0 Å². The molecule has 2 aliphatic carbocycles. The van der Waals surface area contributed by atoms with E-state index in [4.69, 9.17) is 0 Å². The minimum Gasteiger partial charge on any atom is -0.357 e. The van der Waals surface area contributed by atoms with Gasteiger partial charge >= 0.3 is 0 Å². The molecule has 34 heavy (non-hydrogen) atoms. The van der Waals surface area contributed by atoms with Crippen molar-refractivity contribution in [2.24, 2.45) is 0 Å². The maximum Gasteiger partial charge on any atom is 0.239 e. The number of allylic oxidation sites excluding steroid dienone is 1. The van der Waals surface area contributed by atoms with Gasteiger partial charge in [0.15, 0.2) is 5.78 Å². The van der Waals surface area contributed by atoms with Gasteiger partial charge in [-0.2, -0.15) is 0 Å². The second kappa shape index (κ2) is 8.76. The third-order valence-corrected chi connectivity index (χ3v) is 8.01. The van der Waals surface area contributed by atoms with Gasteiger partial charge in [-0.3, -0.25) is 9.59 Å². The van der Waals surface area contributed by atoms with Crippen molar-refractivity contribution >= 4 is 34.4 Å². The van der Waals surface area contributed by atoms with Crippen LogP contribution >= 0.6 is 11.3 Å². The first-order valence-electron chi connectivity index (χ1n) is 12.0. The monoisotopic (exact) mass is 469 g/mol. The highest BCUT2D eigenvalue weighted by Crippen LogP contribution is 2.45. The number of para-hydroxylation sites is 2. The number of hydrogen-bond acceptors (Lipinski definition) is 5. The van der Waals surface area contributed by atoms with E-state index in [9.17, 15) is 9.59 Å². The Morgan fingerprint density at radius 3 is 2.53 bits per heavy atom. The molecular weight excluding hydrogens is 442 g/mol. The van der Waals surface area contributed by atoms with Gasteiger partial charge in [-0.1, -0.05) is 42.5 Å². The average molecular weight is 470 g/mol. The quantitative estimate of drug-likeness (QED) is 0.564. The summed E-state index contributed by atoms with van der Waals surface area (Å²) in [5, 5.41) is 8.88. The van der Waals surface area contributed by atoms with E-state index in [1.807, 2.05) is 35.7 Å². The third kappa shape index (κ3) is 3.82. The van der Waals surface area contributed by atoms with Crippen LogP contribution in [0.2, 0.25) is 0 Å². The zero-order chi connectivity index (χ0) is 23.1. The molecule has 0 spiro atoms. The largest absolute Gasteiger partial charge is 0.357 e. The Kier molecular flexibility index (Phi) is 5.46. The van der Waals surface area contributed by atoms with Gasteiger partial charge in [0.25, 0.3) is 0 Å². The number of thiophene rings is 1. The second-order valence-electron chi connectivity index (χ2n) is 9.30. The van der Waals surface area contributed by atoms with Gasteiger partial charge in [0, 0.05) is 28.6 Å². The summed E-state index contributed by atoms with van der Waals surface area (Å²) < 4.78 is 0. The van der Waals surface area contributed by atoms with Crippen LogP contribution in [0.15, 0.2) is 77.3 Å². The molecule has 6 heteroatoms. The van der Waals surface area contributed by atoms with Crippen molar-refractivity contribution in [2.75, 3.05) is 16.8 Å². The number of benzene rings is 2. The molecular formula is C28H27N3O2S. The van der Waals surface area contributed by atoms with Crippen molar-refractivity contribution in [2.45, 2.75) is 44.2 Å². The Morgan fingerprint density at radius 1 is 1.00 bits per heavy atom. The average Bonchev–Trinajstić information content (AvgIpc) is 3.48. The van der Waals surface area contributed by atoms with E-state index < -0.39 is 0 Å². The maximum absolute atomic E-state index is 13.4. The van der Waals surface area contributed by atoms with Crippen molar-refractivity contribution in [3.8, 4) is 0 Å². The Hall–Kier alpha value is -3.38. The molecule has 2 N–H and O–H groups in total. The molecule has 3 aliphatic rings. The molecule has 0 radical (unpaired) electrons. The SMILES string of the molecule is O=C(CN1c2ccccc2NC2=C(C(=O)CCC2)[C@@H]1c1cccs1)NC1Cc2ccccc2C1. The summed E-state index contributed by atoms with van der Waals surface area (Å²) >= 11 is 1.64. The van der Waals surface area contributed by atoms with Crippen LogP contribution in [0.5, 0.6) is 0 Å². The number of hydrogen-bond donors (Lipinski definition) is 2. The lowest BCUT2D eigenvalue weighted by Crippen LogP contribution is -2.44. The van der Waals surface area contributed by atoms with Gasteiger partial charge in [-0.15, -0.1) is 11.3 Å². The van der Waals surface area contributed by atoms with Crippen molar-refractivity contribution in [3.63, 3.8) is 0 Å². The van der Waals surface area contributed by atoms with Crippen LogP contribution < -0.4 is 15.5 Å². The van der Waals surface area contributed by atoms with E-state index in [0.29, 0.717) is 6.42 Å². The molecule has 1 aliphatic heterocycles. The highest BCUT2D eigenvalue weighted by atomic mass is 32.1. The first kappa shape index (κ1) is 21.2. The van der Waals surface area contributed by atoms with Gasteiger partial charge in [0.2, 0.25) is 5.91 Å². The lowest BCUT2D eigenvalue weighted by atomic mass is 9.88. The van der Waals surface area contributed by atoms with Gasteiger partial charge < -0.3 is 15.5 Å². The van der Waals surface area contributed by atoms with Crippen LogP contribution in [-0.2, 0) is 22.4 Å². The van der Waals surface area contributed by atoms with Crippen LogP contribution in [0.4, 0.5) is 11.4 Å². The third-order valence-electron chi connectivity index (χ3n) is 7.08. The zero-order valence-electron chi connectivity index (χ0n) is 18.9. The predicted octanol–water partition coefficient (Wildman–Crippen LogP) is 5.01. The summed E-state index contributed by atoms with van der Waals surface area (Å²) in [5.41, 5.74) is 6.34. The van der Waals surface area contributed by atoms with Gasteiger partial charge in [0.05, 0.1) is 24.0 Å². The van der Waals surface area contributed by atoms with E-state index in [2.05, 4.69) is 45.9 Å². The topological polar surface area (TPSA) is 61.4 Å². The predicted molar refractivity (Wildman–Crippen MR) is 136 cm³/mol. The molecule has 0 fully saturated rings. The Balaban J connectivity index is 1.35. The molecule has 2 aromatic carbocycles. The minimum absolute atomic E-state index is 0.0125. The van der Waals surface area contributed by atoms with Crippen molar-refractivity contribution < 1.29 is 9.59 Å². The number of fused-ring (bicyclic) bond motifs is 2. The normalized spacial score (nSPS) is 19.7. The molecule has 0 bridgehead atoms. The summed E-state index contributed by atoms with van der Waals surface area (Å²) in [5.74, 6) is 0.165. The standard InChI is InChI=1S/C28H27N3O2S/c32-24-12-5-10-22-27(24)28(25-13-6-14-34-25)31(23-11-4-3-9-21(23)30-22)17-26(33)29-20-15-18-7-1-2-8-19(18)16-20/h1-4,6-9,11,13-14,20,28,30H,5,10,12,15-17H2,(H,29,33)/t28-/m0/s1. The van der Waals surface area contributed by atoms with E-state index in [1.165, 1.54) is 11.1 Å². The fourth-order valence-electron chi connectivity index (χ4n) is 5.61. The molecule has 1 amide bonds. The number of nitrogens with one attached hydrogen (secondary N) is 2. The van der Waals surface area contributed by atoms with Gasteiger partial charge in [-0.05, 0) is 60.4 Å². The lowest BCUT2D eigenvalue weighted by Gasteiger charge is -2.34. The van der Waals surface area contributed by atoms with E-state index in [1.54, 1.807) is 11.3 Å². The highest BCUT2D eigenvalue weighted by molar-refractivity contribution is 7.10. The van der Waals surface area contributed by atoms with E-state index in [-0.39, 0.29) is 30.3 Å². The summed E-state index contributed by atoms with van der Waals surface area (Å²) in [4.78, 5) is 29.9. The number of anilines is 2. The van der Waals surface area contributed by atoms with Gasteiger partial charge in [-0.25, -0.2) is 0 Å². The fraction of sp³-hybridized carbons (Fsp3) is 0.286. The van der Waals surface area contributed by atoms with Crippen molar-refractivity contribution in [3.05, 3.63) is 93.3 Å². The first-order valence-corrected chi connectivity index (χ1v) is 12.8. The first-order chi connectivity index (χ1) is 16.7. The van der Waals surface area contributed by atoms with E-state index in [0.717, 1.165) is 53.2 Å². The second-order valence-corrected chi connectivity index (χ2v) is 10.3. The van der Waals surface area contributed by atoms with E-state index >= 15 is 0 Å². The maximum atomic E-state index is 13.4. The molecule has 6 rings (SSSR count). The molecule has 1 atom stereocenters. The van der Waals surface area contributed by atoms with Gasteiger partial charge in [0.1, 0.15) is 0 Å². The molecule has 5 nitrogen and oxygen atoms in total. The Morgan fingerprint density at radius 2 is 1.76 bits per heavy atom. The smallest absolute Gasteiger partial charge is 0.239 e.